The van der Waals surface area contributed by atoms with Gasteiger partial charge >= 0.3 is 12.0 Å². The number of ether oxygens (including phenoxy) is 2. The van der Waals surface area contributed by atoms with Gasteiger partial charge in [0.25, 0.3) is 0 Å². The number of alkyl halides is 1. The third kappa shape index (κ3) is 7.23. The minimum Gasteiger partial charge on any atom is -0.461 e. The second-order valence-electron chi connectivity index (χ2n) is 15.3. The number of hydrogen-bond donors (Lipinski definition) is 1. The molecule has 9 nitrogen and oxygen atoms in total. The van der Waals surface area contributed by atoms with Gasteiger partial charge in [-0.05, 0) is 87.2 Å². The maximum atomic E-state index is 15.2. The van der Waals surface area contributed by atoms with Crippen molar-refractivity contribution >= 4 is 28.5 Å². The van der Waals surface area contributed by atoms with Crippen LogP contribution in [0.1, 0.15) is 87.6 Å². The largest absolute Gasteiger partial charge is 0.461 e. The normalized spacial score (nSPS) is 22.5. The highest BCUT2D eigenvalue weighted by Gasteiger charge is 2.42. The summed E-state index contributed by atoms with van der Waals surface area (Å²) in [5, 5.41) is 4.89. The summed E-state index contributed by atoms with van der Waals surface area (Å²) < 4.78 is 41.6. The zero-order chi connectivity index (χ0) is 37.4. The molecule has 1 saturated carbocycles. The summed E-state index contributed by atoms with van der Waals surface area (Å²) in [6, 6.07) is 6.70. The maximum absolute atomic E-state index is 15.2. The van der Waals surface area contributed by atoms with Crippen LogP contribution in [0, 0.1) is 24.1 Å². The fraction of sp³-hybridized carbons (Fsp3) is 0.512. The number of carbonyl (C=O) groups excluding carboxylic acids is 2. The summed E-state index contributed by atoms with van der Waals surface area (Å²) in [5.74, 6) is 2.08. The molecule has 0 bridgehead atoms. The Bertz CT molecular complexity index is 1920. The van der Waals surface area contributed by atoms with E-state index in [-0.39, 0.29) is 41.9 Å². The Morgan fingerprint density at radius 2 is 2.00 bits per heavy atom. The molecule has 3 aromatic rings. The van der Waals surface area contributed by atoms with Crippen LogP contribution in [0.4, 0.5) is 14.6 Å². The van der Waals surface area contributed by atoms with Gasteiger partial charge in [-0.15, -0.1) is 6.42 Å². The van der Waals surface area contributed by atoms with E-state index >= 15 is 4.39 Å². The van der Waals surface area contributed by atoms with Crippen LogP contribution in [0.5, 0.6) is 11.8 Å². The number of nitrogens with zero attached hydrogens (tertiary/aromatic N) is 4. The second-order valence-corrected chi connectivity index (χ2v) is 15.3. The first kappa shape index (κ1) is 37.2. The summed E-state index contributed by atoms with van der Waals surface area (Å²) in [6.45, 7) is 10.2. The van der Waals surface area contributed by atoms with Crippen molar-refractivity contribution in [3.8, 4) is 24.1 Å². The van der Waals surface area contributed by atoms with E-state index < -0.39 is 23.1 Å². The lowest BCUT2D eigenvalue weighted by molar-refractivity contribution is -0.137. The van der Waals surface area contributed by atoms with Gasteiger partial charge in [0.1, 0.15) is 30.2 Å². The minimum absolute atomic E-state index is 0.128. The number of halogens is 2. The number of esters is 1. The van der Waals surface area contributed by atoms with Crippen LogP contribution in [0.25, 0.3) is 10.8 Å². The third-order valence-electron chi connectivity index (χ3n) is 11.5. The Kier molecular flexibility index (Phi) is 10.6. The average molecular weight is 714 g/mol. The third-order valence-corrected chi connectivity index (χ3v) is 11.5. The summed E-state index contributed by atoms with van der Waals surface area (Å²) in [6.07, 6.45) is 12.1. The maximum Gasteiger partial charge on any atom is 0.318 e. The van der Waals surface area contributed by atoms with E-state index in [2.05, 4.69) is 17.8 Å². The molecule has 2 aromatic carbocycles. The number of terminal acetylenes is 1. The van der Waals surface area contributed by atoms with Crippen molar-refractivity contribution in [2.75, 3.05) is 39.1 Å². The molecule has 0 radical (unpaired) electrons. The predicted octanol–water partition coefficient (Wildman–Crippen LogP) is 6.76. The Morgan fingerprint density at radius 3 is 2.65 bits per heavy atom. The van der Waals surface area contributed by atoms with Gasteiger partial charge in [-0.2, -0.15) is 9.97 Å². The quantitative estimate of drug-likeness (QED) is 0.101. The lowest BCUT2D eigenvalue weighted by atomic mass is 9.79. The van der Waals surface area contributed by atoms with Crippen molar-refractivity contribution in [2.24, 2.45) is 5.92 Å². The van der Waals surface area contributed by atoms with Crippen molar-refractivity contribution in [3.05, 3.63) is 65.1 Å². The Morgan fingerprint density at radius 1 is 1.25 bits per heavy atom. The van der Waals surface area contributed by atoms with Gasteiger partial charge in [0.2, 0.25) is 5.91 Å². The number of likely N-dealkylation sites (N-methyl/N-ethyl adjacent to an activating group) is 2. The molecule has 1 aromatic heterocycles. The number of amides is 1. The van der Waals surface area contributed by atoms with Gasteiger partial charge in [0, 0.05) is 37.5 Å². The van der Waals surface area contributed by atoms with Gasteiger partial charge in [0.05, 0.1) is 28.3 Å². The lowest BCUT2D eigenvalue weighted by Gasteiger charge is -2.39. The molecular formula is C41H49F2N5O4. The van der Waals surface area contributed by atoms with E-state index in [1.165, 1.54) is 12.1 Å². The smallest absolute Gasteiger partial charge is 0.318 e. The SMILES string of the molecule is C#Cc1c(F)ccc2cc(OC(=O)C(C)C)cc([C@@H]3CCc4c(nc(OC[C@]5(C)C[C@@H](F)CN5C)nc4NCC4(N(C)C(=O)C=C)CCCC4)C3)c12. The highest BCUT2D eigenvalue weighted by atomic mass is 19.1. The van der Waals surface area contributed by atoms with E-state index in [0.29, 0.717) is 61.1 Å². The van der Waals surface area contributed by atoms with Crippen LogP contribution in [-0.2, 0) is 22.4 Å². The molecule has 276 valence electrons. The molecule has 3 atom stereocenters. The zero-order valence-electron chi connectivity index (χ0n) is 30.9. The minimum atomic E-state index is -0.943. The zero-order valence-corrected chi connectivity index (χ0v) is 30.9. The molecule has 1 aliphatic heterocycles. The molecule has 11 heteroatoms. The molecule has 1 N–H and O–H groups in total. The van der Waals surface area contributed by atoms with E-state index in [0.717, 1.165) is 42.5 Å². The monoisotopic (exact) mass is 713 g/mol. The molecule has 1 saturated heterocycles. The number of hydrogen-bond acceptors (Lipinski definition) is 8. The van der Waals surface area contributed by atoms with Crippen LogP contribution in [0.15, 0.2) is 36.9 Å². The number of aromatic nitrogens is 2. The topological polar surface area (TPSA) is 96.9 Å². The first-order valence-electron chi connectivity index (χ1n) is 18.2. The molecule has 2 heterocycles. The van der Waals surface area contributed by atoms with Crippen molar-refractivity contribution in [2.45, 2.75) is 95.3 Å². The van der Waals surface area contributed by atoms with Crippen molar-refractivity contribution in [3.63, 3.8) is 0 Å². The Labute approximate surface area is 305 Å². The van der Waals surface area contributed by atoms with Crippen molar-refractivity contribution < 1.29 is 27.8 Å². The fourth-order valence-corrected chi connectivity index (χ4v) is 8.16. The molecule has 0 spiro atoms. The average Bonchev–Trinajstić information content (AvgIpc) is 3.71. The molecule has 1 amide bonds. The van der Waals surface area contributed by atoms with Crippen LogP contribution >= 0.6 is 0 Å². The standard InChI is InChI=1S/C41H49F2N5O4/c1-8-30-33(43)15-13-27-18-29(52-38(50)25(3)4)20-32(36(27)30)26-12-14-31-34(19-26)45-39(51-24-40(5)21-28(42)22-47(40)6)46-37(31)44-23-41(16-10-11-17-41)48(7)35(49)9-2/h1,9,13,15,18,20,25-26,28H,2,10-12,14,16-17,19,21-24H2,3-7H3,(H,44,45,46)/t26-,28-,40+/m1/s1. The van der Waals surface area contributed by atoms with Gasteiger partial charge in [0.15, 0.2) is 0 Å². The summed E-state index contributed by atoms with van der Waals surface area (Å²) in [4.78, 5) is 39.0. The number of fused-ring (bicyclic) bond motifs is 2. The molecule has 6 rings (SSSR count). The summed E-state index contributed by atoms with van der Waals surface area (Å²) in [7, 11) is 3.72. The molecule has 0 unspecified atom stereocenters. The number of rotatable bonds is 11. The number of anilines is 1. The van der Waals surface area contributed by atoms with E-state index in [4.69, 9.17) is 25.9 Å². The Balaban J connectivity index is 1.39. The fourth-order valence-electron chi connectivity index (χ4n) is 8.16. The highest BCUT2D eigenvalue weighted by molar-refractivity contribution is 5.93. The Hall–Kier alpha value is -4.56. The first-order chi connectivity index (χ1) is 24.8. The first-order valence-corrected chi connectivity index (χ1v) is 18.2. The molecule has 3 aliphatic rings. The van der Waals surface area contributed by atoms with Crippen LogP contribution in [0.2, 0.25) is 0 Å². The van der Waals surface area contributed by atoms with Crippen LogP contribution < -0.4 is 14.8 Å². The lowest BCUT2D eigenvalue weighted by Crippen LogP contribution is -2.51. The summed E-state index contributed by atoms with van der Waals surface area (Å²) in [5.41, 5.74) is 1.72. The highest BCUT2D eigenvalue weighted by Crippen LogP contribution is 2.42. The van der Waals surface area contributed by atoms with Crippen molar-refractivity contribution in [1.82, 2.24) is 19.8 Å². The van der Waals surface area contributed by atoms with Crippen molar-refractivity contribution in [1.29, 1.82) is 0 Å². The van der Waals surface area contributed by atoms with Crippen LogP contribution in [0.3, 0.4) is 0 Å². The molecule has 2 aliphatic carbocycles. The van der Waals surface area contributed by atoms with E-state index in [1.807, 2.05) is 25.9 Å². The van der Waals surface area contributed by atoms with Gasteiger partial charge in [-0.1, -0.05) is 45.3 Å². The van der Waals surface area contributed by atoms with Crippen LogP contribution in [-0.4, -0.2) is 82.7 Å². The number of likely N-dealkylation sites (tertiary alicyclic amines) is 1. The van der Waals surface area contributed by atoms with Gasteiger partial charge in [-0.3, -0.25) is 14.5 Å². The second kappa shape index (κ2) is 14.8. The number of carbonyl (C=O) groups is 2. The molecule has 52 heavy (non-hydrogen) atoms. The summed E-state index contributed by atoms with van der Waals surface area (Å²) >= 11 is 0. The van der Waals surface area contributed by atoms with E-state index in [1.54, 1.807) is 36.9 Å². The predicted molar refractivity (Wildman–Crippen MR) is 198 cm³/mol. The number of nitrogens with one attached hydrogen (secondary N) is 1. The molecular weight excluding hydrogens is 664 g/mol. The molecule has 2 fully saturated rings. The van der Waals surface area contributed by atoms with Gasteiger partial charge in [-0.25, -0.2) is 8.78 Å². The number of benzene rings is 2. The van der Waals surface area contributed by atoms with Gasteiger partial charge < -0.3 is 19.7 Å². The van der Waals surface area contributed by atoms with E-state index in [9.17, 15) is 14.0 Å².